The Hall–Kier alpha value is -0.870. The summed E-state index contributed by atoms with van der Waals surface area (Å²) in [6.45, 7) is 5.78. The lowest BCUT2D eigenvalue weighted by molar-refractivity contribution is 0.203. The maximum Gasteiger partial charge on any atom is 0.224 e. The number of hydrogen-bond donors (Lipinski definition) is 0. The monoisotopic (exact) mass is 243 g/mol. The Morgan fingerprint density at radius 3 is 2.88 bits per heavy atom. The fraction of sp³-hybridized carbons (Fsp3) is 0.636. The van der Waals surface area contributed by atoms with Crippen molar-refractivity contribution in [2.24, 2.45) is 0 Å². The molecule has 1 aromatic rings. The lowest BCUT2D eigenvalue weighted by Gasteiger charge is -2.29. The van der Waals surface area contributed by atoms with E-state index in [0.29, 0.717) is 12.6 Å². The van der Waals surface area contributed by atoms with E-state index in [-0.39, 0.29) is 5.28 Å². The Morgan fingerprint density at radius 2 is 2.31 bits per heavy atom. The lowest BCUT2D eigenvalue weighted by Crippen LogP contribution is -2.36. The van der Waals surface area contributed by atoms with E-state index in [0.717, 1.165) is 18.8 Å². The highest BCUT2D eigenvalue weighted by atomic mass is 35.5. The number of nitrogens with zero attached hydrogens (tertiary/aromatic N) is 3. The number of ether oxygens (including phenoxy) is 1. The minimum absolute atomic E-state index is 0.281. The van der Waals surface area contributed by atoms with Gasteiger partial charge in [0.25, 0.3) is 0 Å². The highest BCUT2D eigenvalue weighted by Crippen LogP contribution is 2.16. The van der Waals surface area contributed by atoms with Gasteiger partial charge in [-0.05, 0) is 31.0 Å². The summed E-state index contributed by atoms with van der Waals surface area (Å²) >= 11 is 5.79. The summed E-state index contributed by atoms with van der Waals surface area (Å²) in [5.41, 5.74) is 0. The molecule has 0 radical (unpaired) electrons. The molecular formula is C11H18ClN3O. The van der Waals surface area contributed by atoms with Gasteiger partial charge in [-0.3, -0.25) is 0 Å². The van der Waals surface area contributed by atoms with Crippen LogP contribution >= 0.6 is 11.6 Å². The van der Waals surface area contributed by atoms with Crippen molar-refractivity contribution < 1.29 is 4.74 Å². The normalized spacial score (nSPS) is 12.5. The second-order valence-corrected chi connectivity index (χ2v) is 3.97. The molecule has 0 amide bonds. The van der Waals surface area contributed by atoms with Gasteiger partial charge in [0, 0.05) is 25.9 Å². The average Bonchev–Trinajstić information content (AvgIpc) is 2.29. The van der Waals surface area contributed by atoms with Crippen molar-refractivity contribution >= 4 is 17.4 Å². The Bertz CT molecular complexity index is 322. The van der Waals surface area contributed by atoms with Gasteiger partial charge >= 0.3 is 0 Å². The molecule has 0 aliphatic rings. The summed E-state index contributed by atoms with van der Waals surface area (Å²) in [6, 6.07) is 2.27. The molecular weight excluding hydrogens is 226 g/mol. The number of methoxy groups -OCH3 is 1. The maximum absolute atomic E-state index is 5.79. The molecule has 1 atom stereocenters. The standard InChI is InChI=1S/C11H18ClN3O/c1-4-9(2)15(7-8-16-3)10-5-6-13-11(12)14-10/h5-6,9H,4,7-8H2,1-3H3. The number of hydrogen-bond acceptors (Lipinski definition) is 4. The van der Waals surface area contributed by atoms with Crippen molar-refractivity contribution in [1.29, 1.82) is 0 Å². The Labute approximate surface area is 102 Å². The fourth-order valence-electron chi connectivity index (χ4n) is 1.46. The SMILES string of the molecule is CCC(C)N(CCOC)c1ccnc(Cl)n1. The minimum Gasteiger partial charge on any atom is -0.383 e. The van der Waals surface area contributed by atoms with Crippen LogP contribution in [-0.2, 0) is 4.74 Å². The van der Waals surface area contributed by atoms with Crippen molar-refractivity contribution in [3.63, 3.8) is 0 Å². The third-order valence-electron chi connectivity index (χ3n) is 2.56. The molecule has 0 fully saturated rings. The first-order valence-corrected chi connectivity index (χ1v) is 5.81. The zero-order valence-corrected chi connectivity index (χ0v) is 10.7. The second kappa shape index (κ2) is 6.66. The molecule has 1 aromatic heterocycles. The molecule has 0 saturated heterocycles. The number of halogens is 1. The summed E-state index contributed by atoms with van der Waals surface area (Å²) in [5, 5.41) is 0.281. The van der Waals surface area contributed by atoms with Crippen LogP contribution in [0.5, 0.6) is 0 Å². The van der Waals surface area contributed by atoms with Gasteiger partial charge in [-0.25, -0.2) is 9.97 Å². The van der Waals surface area contributed by atoms with Gasteiger partial charge in [0.15, 0.2) is 0 Å². The molecule has 0 saturated carbocycles. The Morgan fingerprint density at radius 1 is 1.56 bits per heavy atom. The van der Waals surface area contributed by atoms with E-state index in [1.807, 2.05) is 6.07 Å². The van der Waals surface area contributed by atoms with Crippen LogP contribution < -0.4 is 4.90 Å². The summed E-state index contributed by atoms with van der Waals surface area (Å²) in [4.78, 5) is 10.3. The summed E-state index contributed by atoms with van der Waals surface area (Å²) in [6.07, 6.45) is 2.72. The molecule has 0 aromatic carbocycles. The molecule has 16 heavy (non-hydrogen) atoms. The smallest absolute Gasteiger partial charge is 0.224 e. The van der Waals surface area contributed by atoms with Crippen LogP contribution in [-0.4, -0.2) is 36.3 Å². The van der Waals surface area contributed by atoms with Gasteiger partial charge in [0.2, 0.25) is 5.28 Å². The van der Waals surface area contributed by atoms with E-state index in [1.165, 1.54) is 0 Å². The van der Waals surface area contributed by atoms with Gasteiger partial charge in [-0.2, -0.15) is 0 Å². The molecule has 0 bridgehead atoms. The van der Waals surface area contributed by atoms with Gasteiger partial charge in [0.05, 0.1) is 6.61 Å². The molecule has 0 aliphatic heterocycles. The van der Waals surface area contributed by atoms with Crippen LogP contribution in [0.4, 0.5) is 5.82 Å². The molecule has 0 spiro atoms. The molecule has 4 nitrogen and oxygen atoms in total. The van der Waals surface area contributed by atoms with E-state index in [1.54, 1.807) is 13.3 Å². The molecule has 5 heteroatoms. The van der Waals surface area contributed by atoms with Crippen molar-refractivity contribution in [1.82, 2.24) is 9.97 Å². The molecule has 0 aliphatic carbocycles. The van der Waals surface area contributed by atoms with Crippen LogP contribution in [0, 0.1) is 0 Å². The van der Waals surface area contributed by atoms with Crippen LogP contribution in [0.2, 0.25) is 5.28 Å². The first kappa shape index (κ1) is 13.2. The fourth-order valence-corrected chi connectivity index (χ4v) is 1.60. The van der Waals surface area contributed by atoms with Gasteiger partial charge in [0.1, 0.15) is 5.82 Å². The largest absolute Gasteiger partial charge is 0.383 e. The van der Waals surface area contributed by atoms with Gasteiger partial charge in [-0.15, -0.1) is 0 Å². The summed E-state index contributed by atoms with van der Waals surface area (Å²) < 4.78 is 5.10. The quantitative estimate of drug-likeness (QED) is 0.719. The van der Waals surface area contributed by atoms with E-state index in [4.69, 9.17) is 16.3 Å². The first-order valence-electron chi connectivity index (χ1n) is 5.43. The second-order valence-electron chi connectivity index (χ2n) is 3.63. The highest BCUT2D eigenvalue weighted by molar-refractivity contribution is 6.28. The first-order chi connectivity index (χ1) is 7.69. The Balaban J connectivity index is 2.82. The predicted molar refractivity (Wildman–Crippen MR) is 66.0 cm³/mol. The van der Waals surface area contributed by atoms with Gasteiger partial charge < -0.3 is 9.64 Å². The van der Waals surface area contributed by atoms with Gasteiger partial charge in [-0.1, -0.05) is 6.92 Å². The molecule has 1 heterocycles. The summed E-state index contributed by atoms with van der Waals surface area (Å²) in [7, 11) is 1.70. The number of aromatic nitrogens is 2. The van der Waals surface area contributed by atoms with Crippen molar-refractivity contribution in [2.75, 3.05) is 25.2 Å². The molecule has 1 unspecified atom stereocenters. The number of rotatable bonds is 6. The third kappa shape index (κ3) is 3.61. The maximum atomic E-state index is 5.79. The number of anilines is 1. The molecule has 1 rings (SSSR count). The van der Waals surface area contributed by atoms with Crippen LogP contribution in [0.25, 0.3) is 0 Å². The molecule has 90 valence electrons. The topological polar surface area (TPSA) is 38.2 Å². The molecule has 0 N–H and O–H groups in total. The van der Waals surface area contributed by atoms with Crippen LogP contribution in [0.3, 0.4) is 0 Å². The Kier molecular flexibility index (Phi) is 5.49. The lowest BCUT2D eigenvalue weighted by atomic mass is 10.2. The van der Waals surface area contributed by atoms with Crippen molar-refractivity contribution in [3.8, 4) is 0 Å². The van der Waals surface area contributed by atoms with E-state index < -0.39 is 0 Å². The van der Waals surface area contributed by atoms with Crippen LogP contribution in [0.1, 0.15) is 20.3 Å². The zero-order chi connectivity index (χ0) is 12.0. The van der Waals surface area contributed by atoms with E-state index in [2.05, 4.69) is 28.7 Å². The van der Waals surface area contributed by atoms with E-state index in [9.17, 15) is 0 Å². The highest BCUT2D eigenvalue weighted by Gasteiger charge is 2.14. The van der Waals surface area contributed by atoms with Crippen molar-refractivity contribution in [2.45, 2.75) is 26.3 Å². The average molecular weight is 244 g/mol. The van der Waals surface area contributed by atoms with E-state index >= 15 is 0 Å². The zero-order valence-electron chi connectivity index (χ0n) is 9.98. The minimum atomic E-state index is 0.281. The summed E-state index contributed by atoms with van der Waals surface area (Å²) in [5.74, 6) is 0.853. The third-order valence-corrected chi connectivity index (χ3v) is 2.75. The predicted octanol–water partition coefficient (Wildman–Crippen LogP) is 2.38. The van der Waals surface area contributed by atoms with Crippen molar-refractivity contribution in [3.05, 3.63) is 17.5 Å². The van der Waals surface area contributed by atoms with Crippen LogP contribution in [0.15, 0.2) is 12.3 Å².